The second kappa shape index (κ2) is 8.12. The van der Waals surface area contributed by atoms with E-state index in [1.807, 2.05) is 59.3 Å². The van der Waals surface area contributed by atoms with E-state index < -0.39 is 0 Å². The minimum atomic E-state index is 0.0805. The smallest absolute Gasteiger partial charge is 0.255 e. The van der Waals surface area contributed by atoms with Gasteiger partial charge < -0.3 is 15.1 Å². The van der Waals surface area contributed by atoms with E-state index in [9.17, 15) is 4.79 Å². The average molecular weight is 338 g/mol. The van der Waals surface area contributed by atoms with Crippen molar-refractivity contribution in [2.45, 2.75) is 25.8 Å². The Kier molecular flexibility index (Phi) is 5.66. The third kappa shape index (κ3) is 3.99. The fourth-order valence-corrected chi connectivity index (χ4v) is 3.26. The molecular weight excluding hydrogens is 312 g/mol. The van der Waals surface area contributed by atoms with Gasteiger partial charge in [0.15, 0.2) is 0 Å². The predicted molar refractivity (Wildman–Crippen MR) is 101 cm³/mol. The SMILES string of the molecule is CCCN(C(=O)c1ccc(N(C)c2ccccc2)nc1)C1CCNC1. The summed E-state index contributed by atoms with van der Waals surface area (Å²) in [7, 11) is 1.98. The molecule has 1 aromatic heterocycles. The van der Waals surface area contributed by atoms with Gasteiger partial charge in [0.2, 0.25) is 0 Å². The molecule has 1 unspecified atom stereocenters. The van der Waals surface area contributed by atoms with Crippen molar-refractivity contribution in [3.05, 3.63) is 54.2 Å². The highest BCUT2D eigenvalue weighted by Gasteiger charge is 2.26. The van der Waals surface area contributed by atoms with E-state index in [0.717, 1.165) is 44.0 Å². The maximum absolute atomic E-state index is 12.9. The molecule has 2 aromatic rings. The number of carbonyl (C=O) groups excluding carboxylic acids is 1. The highest BCUT2D eigenvalue weighted by atomic mass is 16.2. The van der Waals surface area contributed by atoms with Crippen LogP contribution in [0.2, 0.25) is 0 Å². The van der Waals surface area contributed by atoms with Gasteiger partial charge in [0.1, 0.15) is 5.82 Å². The van der Waals surface area contributed by atoms with Crippen LogP contribution in [0.3, 0.4) is 0 Å². The largest absolute Gasteiger partial charge is 0.334 e. The Hall–Kier alpha value is -2.40. The van der Waals surface area contributed by atoms with Gasteiger partial charge in [-0.25, -0.2) is 4.98 Å². The van der Waals surface area contributed by atoms with Crippen molar-refractivity contribution in [2.75, 3.05) is 31.6 Å². The molecule has 1 aromatic carbocycles. The monoisotopic (exact) mass is 338 g/mol. The molecule has 132 valence electrons. The summed E-state index contributed by atoms with van der Waals surface area (Å²) in [5, 5.41) is 3.34. The van der Waals surface area contributed by atoms with E-state index >= 15 is 0 Å². The van der Waals surface area contributed by atoms with Gasteiger partial charge in [-0.3, -0.25) is 4.79 Å². The Morgan fingerprint density at radius 2 is 2.04 bits per heavy atom. The van der Waals surface area contributed by atoms with E-state index in [0.29, 0.717) is 11.6 Å². The Morgan fingerprint density at radius 3 is 2.64 bits per heavy atom. The first-order valence-electron chi connectivity index (χ1n) is 8.97. The molecule has 0 radical (unpaired) electrons. The molecular formula is C20H26N4O. The maximum atomic E-state index is 12.9. The molecule has 1 N–H and O–H groups in total. The molecule has 0 saturated carbocycles. The lowest BCUT2D eigenvalue weighted by atomic mass is 10.1. The Labute approximate surface area is 149 Å². The molecule has 1 amide bonds. The average Bonchev–Trinajstić information content (AvgIpc) is 3.20. The molecule has 1 fully saturated rings. The molecule has 0 bridgehead atoms. The third-order valence-electron chi connectivity index (χ3n) is 4.68. The van der Waals surface area contributed by atoms with E-state index in [1.54, 1.807) is 6.20 Å². The van der Waals surface area contributed by atoms with E-state index in [2.05, 4.69) is 17.2 Å². The van der Waals surface area contributed by atoms with Crippen molar-refractivity contribution >= 4 is 17.4 Å². The van der Waals surface area contributed by atoms with Crippen molar-refractivity contribution in [1.29, 1.82) is 0 Å². The number of hydrogen-bond acceptors (Lipinski definition) is 4. The topological polar surface area (TPSA) is 48.5 Å². The van der Waals surface area contributed by atoms with Gasteiger partial charge >= 0.3 is 0 Å². The molecule has 3 rings (SSSR count). The second-order valence-corrected chi connectivity index (χ2v) is 6.44. The van der Waals surface area contributed by atoms with Crippen molar-refractivity contribution in [1.82, 2.24) is 15.2 Å². The van der Waals surface area contributed by atoms with Crippen LogP contribution in [0.1, 0.15) is 30.1 Å². The van der Waals surface area contributed by atoms with Crippen LogP contribution in [-0.4, -0.2) is 48.5 Å². The van der Waals surface area contributed by atoms with Crippen LogP contribution in [-0.2, 0) is 0 Å². The highest BCUT2D eigenvalue weighted by Crippen LogP contribution is 2.22. The molecule has 5 nitrogen and oxygen atoms in total. The number of anilines is 2. The third-order valence-corrected chi connectivity index (χ3v) is 4.68. The van der Waals surface area contributed by atoms with E-state index in [-0.39, 0.29) is 5.91 Å². The number of nitrogens with zero attached hydrogens (tertiary/aromatic N) is 3. The first-order chi connectivity index (χ1) is 12.2. The first kappa shape index (κ1) is 17.4. The summed E-state index contributed by atoms with van der Waals surface area (Å²) in [6.45, 7) is 4.76. The van der Waals surface area contributed by atoms with Crippen LogP contribution >= 0.6 is 0 Å². The van der Waals surface area contributed by atoms with Gasteiger partial charge in [-0.1, -0.05) is 25.1 Å². The number of para-hydroxylation sites is 1. The van der Waals surface area contributed by atoms with Gasteiger partial charge in [-0.2, -0.15) is 0 Å². The number of nitrogens with one attached hydrogen (secondary N) is 1. The molecule has 1 aliphatic heterocycles. The number of pyridine rings is 1. The molecule has 1 saturated heterocycles. The van der Waals surface area contributed by atoms with Crippen molar-refractivity contribution in [2.24, 2.45) is 0 Å². The van der Waals surface area contributed by atoms with Crippen molar-refractivity contribution < 1.29 is 4.79 Å². The molecule has 1 atom stereocenters. The lowest BCUT2D eigenvalue weighted by Gasteiger charge is -2.28. The summed E-state index contributed by atoms with van der Waals surface area (Å²) in [5.74, 6) is 0.907. The fraction of sp³-hybridized carbons (Fsp3) is 0.400. The molecule has 0 aliphatic carbocycles. The number of amides is 1. The molecule has 5 heteroatoms. The number of rotatable bonds is 6. The van der Waals surface area contributed by atoms with Gasteiger partial charge in [0.05, 0.1) is 5.56 Å². The number of aromatic nitrogens is 1. The second-order valence-electron chi connectivity index (χ2n) is 6.44. The fourth-order valence-electron chi connectivity index (χ4n) is 3.26. The summed E-state index contributed by atoms with van der Waals surface area (Å²) in [4.78, 5) is 21.4. The van der Waals surface area contributed by atoms with Gasteiger partial charge in [0, 0.05) is 38.1 Å². The zero-order valence-corrected chi connectivity index (χ0v) is 15.0. The molecule has 25 heavy (non-hydrogen) atoms. The number of carbonyl (C=O) groups is 1. The summed E-state index contributed by atoms with van der Waals surface area (Å²) < 4.78 is 0. The molecule has 1 aliphatic rings. The van der Waals surface area contributed by atoms with E-state index in [4.69, 9.17) is 0 Å². The first-order valence-corrected chi connectivity index (χ1v) is 8.97. The van der Waals surface area contributed by atoms with Gasteiger partial charge in [-0.05, 0) is 43.7 Å². The minimum Gasteiger partial charge on any atom is -0.334 e. The normalized spacial score (nSPS) is 16.6. The maximum Gasteiger partial charge on any atom is 0.255 e. The Morgan fingerprint density at radius 1 is 1.24 bits per heavy atom. The van der Waals surface area contributed by atoms with Crippen LogP contribution in [0.25, 0.3) is 0 Å². The standard InChI is InChI=1S/C20H26N4O/c1-3-13-24(18-11-12-21-15-18)20(25)16-9-10-19(22-14-16)23(2)17-7-5-4-6-8-17/h4-10,14,18,21H,3,11-13,15H2,1-2H3. The summed E-state index contributed by atoms with van der Waals surface area (Å²) in [6.07, 6.45) is 3.68. The lowest BCUT2D eigenvalue weighted by Crippen LogP contribution is -2.42. The van der Waals surface area contributed by atoms with Gasteiger partial charge in [0.25, 0.3) is 5.91 Å². The predicted octanol–water partition coefficient (Wildman–Crippen LogP) is 3.06. The summed E-state index contributed by atoms with van der Waals surface area (Å²) >= 11 is 0. The summed E-state index contributed by atoms with van der Waals surface area (Å²) in [6, 6.07) is 14.2. The van der Waals surface area contributed by atoms with Crippen LogP contribution in [0, 0.1) is 0 Å². The van der Waals surface area contributed by atoms with Crippen molar-refractivity contribution in [3.63, 3.8) is 0 Å². The summed E-state index contributed by atoms with van der Waals surface area (Å²) in [5.41, 5.74) is 1.73. The zero-order chi connectivity index (χ0) is 17.6. The van der Waals surface area contributed by atoms with Crippen LogP contribution < -0.4 is 10.2 Å². The number of benzene rings is 1. The molecule has 0 spiro atoms. The van der Waals surface area contributed by atoms with Gasteiger partial charge in [-0.15, -0.1) is 0 Å². The Bertz CT molecular complexity index is 681. The number of hydrogen-bond donors (Lipinski definition) is 1. The highest BCUT2D eigenvalue weighted by molar-refractivity contribution is 5.94. The lowest BCUT2D eigenvalue weighted by molar-refractivity contribution is 0.0692. The van der Waals surface area contributed by atoms with Crippen LogP contribution in [0.5, 0.6) is 0 Å². The molecule has 2 heterocycles. The zero-order valence-electron chi connectivity index (χ0n) is 15.0. The Balaban J connectivity index is 1.75. The van der Waals surface area contributed by atoms with E-state index in [1.165, 1.54) is 0 Å². The van der Waals surface area contributed by atoms with Crippen LogP contribution in [0.4, 0.5) is 11.5 Å². The quantitative estimate of drug-likeness (QED) is 0.879. The van der Waals surface area contributed by atoms with Crippen molar-refractivity contribution in [3.8, 4) is 0 Å². The van der Waals surface area contributed by atoms with Crippen LogP contribution in [0.15, 0.2) is 48.7 Å². The minimum absolute atomic E-state index is 0.0805.